The average molecular weight is 513 g/mol. The predicted octanol–water partition coefficient (Wildman–Crippen LogP) is 9.13. The van der Waals surface area contributed by atoms with Gasteiger partial charge in [-0.3, -0.25) is 0 Å². The van der Waals surface area contributed by atoms with Crippen LogP contribution in [0.5, 0.6) is 11.5 Å². The van der Waals surface area contributed by atoms with Gasteiger partial charge >= 0.3 is 0 Å². The third kappa shape index (κ3) is 4.79. The molecule has 0 N–H and O–H groups in total. The minimum Gasteiger partial charge on any atom is -0.492 e. The number of benzene rings is 2. The molecule has 0 atom stereocenters. The highest BCUT2D eigenvalue weighted by Gasteiger charge is 2.35. The van der Waals surface area contributed by atoms with E-state index in [1.807, 2.05) is 0 Å². The summed E-state index contributed by atoms with van der Waals surface area (Å²) in [6.07, 6.45) is 21.4. The molecule has 0 aromatic heterocycles. The lowest BCUT2D eigenvalue weighted by molar-refractivity contribution is 0.0796. The second-order valence-corrected chi connectivity index (χ2v) is 13.6. The van der Waals surface area contributed by atoms with Crippen LogP contribution in [0.1, 0.15) is 106 Å². The van der Waals surface area contributed by atoms with Crippen molar-refractivity contribution in [3.05, 3.63) is 46.5 Å². The molecule has 0 unspecified atom stereocenters. The van der Waals surface area contributed by atoms with Gasteiger partial charge in [0, 0.05) is 17.0 Å². The summed E-state index contributed by atoms with van der Waals surface area (Å²) in [5.41, 5.74) is 8.99. The maximum Gasteiger partial charge on any atom is 0.127 e. The third-order valence-electron chi connectivity index (χ3n) is 11.4. The normalized spacial score (nSPS) is 29.7. The molecular weight excluding hydrogens is 464 g/mol. The monoisotopic (exact) mass is 512 g/mol. The molecule has 0 amide bonds. The van der Waals surface area contributed by atoms with Crippen LogP contribution in [0.3, 0.4) is 0 Å². The second-order valence-electron chi connectivity index (χ2n) is 13.6. The molecule has 2 nitrogen and oxygen atoms in total. The lowest BCUT2D eigenvalue weighted by Gasteiger charge is -2.39. The molecule has 0 spiro atoms. The van der Waals surface area contributed by atoms with Gasteiger partial charge < -0.3 is 9.47 Å². The number of ether oxygens (including phenoxy) is 2. The fraction of sp³-hybridized carbons (Fsp3) is 0.667. The van der Waals surface area contributed by atoms with E-state index >= 15 is 0 Å². The first-order chi connectivity index (χ1) is 18.7. The summed E-state index contributed by atoms with van der Waals surface area (Å²) >= 11 is 0. The Kier molecular flexibility index (Phi) is 7.18. The largest absolute Gasteiger partial charge is 0.492 e. The number of aryl methyl sites for hydroxylation is 2. The Hall–Kier alpha value is -1.96. The summed E-state index contributed by atoms with van der Waals surface area (Å²) in [7, 11) is 0. The Morgan fingerprint density at radius 3 is 1.42 bits per heavy atom. The van der Waals surface area contributed by atoms with Crippen molar-refractivity contribution in [2.75, 3.05) is 13.2 Å². The van der Waals surface area contributed by atoms with Crippen LogP contribution in [-0.4, -0.2) is 13.2 Å². The summed E-state index contributed by atoms with van der Waals surface area (Å²) in [5.74, 6) is 6.39. The molecule has 204 valence electrons. The highest BCUT2D eigenvalue weighted by Crippen LogP contribution is 2.49. The van der Waals surface area contributed by atoms with E-state index in [0.717, 1.165) is 48.4 Å². The maximum atomic E-state index is 6.86. The van der Waals surface area contributed by atoms with Crippen LogP contribution in [0.4, 0.5) is 0 Å². The topological polar surface area (TPSA) is 18.5 Å². The van der Waals surface area contributed by atoms with Crippen LogP contribution in [-0.2, 0) is 25.7 Å². The van der Waals surface area contributed by atoms with Gasteiger partial charge in [-0.1, -0.05) is 31.9 Å². The van der Waals surface area contributed by atoms with Crippen molar-refractivity contribution in [2.24, 2.45) is 29.6 Å². The molecular formula is C36H48O2. The van der Waals surface area contributed by atoms with E-state index < -0.39 is 0 Å². The molecule has 2 saturated carbocycles. The Balaban J connectivity index is 1.17. The zero-order chi connectivity index (χ0) is 25.5. The summed E-state index contributed by atoms with van der Waals surface area (Å²) in [6, 6.07) is 9.39. The Morgan fingerprint density at radius 1 is 0.500 bits per heavy atom. The fourth-order valence-corrected chi connectivity index (χ4v) is 8.96. The van der Waals surface area contributed by atoms with Crippen LogP contribution in [0, 0.1) is 29.6 Å². The quantitative estimate of drug-likeness (QED) is 0.399. The van der Waals surface area contributed by atoms with Crippen LogP contribution in [0.25, 0.3) is 11.1 Å². The number of hydrogen-bond donors (Lipinski definition) is 0. The van der Waals surface area contributed by atoms with E-state index in [9.17, 15) is 0 Å². The van der Waals surface area contributed by atoms with Crippen molar-refractivity contribution in [3.8, 4) is 22.6 Å². The minimum absolute atomic E-state index is 0.480. The molecule has 2 heteroatoms. The van der Waals surface area contributed by atoms with Gasteiger partial charge in [0.2, 0.25) is 0 Å². The smallest absolute Gasteiger partial charge is 0.127 e. The molecule has 38 heavy (non-hydrogen) atoms. The molecule has 1 heterocycles. The first kappa shape index (κ1) is 25.0. The van der Waals surface area contributed by atoms with Crippen molar-refractivity contribution in [1.82, 2.24) is 0 Å². The lowest BCUT2D eigenvalue weighted by atomic mass is 9.67. The van der Waals surface area contributed by atoms with Crippen LogP contribution in [0.2, 0.25) is 0 Å². The Morgan fingerprint density at radius 2 is 0.921 bits per heavy atom. The van der Waals surface area contributed by atoms with Gasteiger partial charge in [-0.05, 0) is 148 Å². The SMILES string of the molecule is CC1CCC(C2CCC(C3COc4ccc5c(c4-c4c(ccc6c4CCCC6)OC3)CCCC5)CC2)CC1. The van der Waals surface area contributed by atoms with Gasteiger partial charge in [0.15, 0.2) is 0 Å². The molecule has 0 saturated heterocycles. The van der Waals surface area contributed by atoms with E-state index in [1.165, 1.54) is 114 Å². The number of hydrogen-bond acceptors (Lipinski definition) is 2. The maximum absolute atomic E-state index is 6.86. The second kappa shape index (κ2) is 10.9. The fourth-order valence-electron chi connectivity index (χ4n) is 8.96. The van der Waals surface area contributed by atoms with Crippen LogP contribution >= 0.6 is 0 Å². The van der Waals surface area contributed by atoms with Crippen molar-refractivity contribution < 1.29 is 9.47 Å². The molecule has 1 aliphatic heterocycles. The van der Waals surface area contributed by atoms with Gasteiger partial charge in [0.1, 0.15) is 11.5 Å². The number of rotatable bonds is 2. The summed E-state index contributed by atoms with van der Waals surface area (Å²) in [4.78, 5) is 0. The highest BCUT2D eigenvalue weighted by atomic mass is 16.5. The molecule has 0 bridgehead atoms. The van der Waals surface area contributed by atoms with Crippen molar-refractivity contribution in [2.45, 2.75) is 110 Å². The van der Waals surface area contributed by atoms with Crippen molar-refractivity contribution in [1.29, 1.82) is 0 Å². The van der Waals surface area contributed by atoms with Crippen molar-refractivity contribution in [3.63, 3.8) is 0 Å². The standard InChI is InChI=1S/C36H48O2/c1-24-10-12-25(13-11-24)26-14-16-27(17-15-26)30-22-37-33-20-18-28-6-2-4-8-31(28)35(33)36-32-9-5-3-7-29(32)19-21-34(36)38-23-30/h18-21,24-27,30H,2-17,22-23H2,1H3. The van der Waals surface area contributed by atoms with Gasteiger partial charge in [0.05, 0.1) is 13.2 Å². The first-order valence-electron chi connectivity index (χ1n) is 16.3. The zero-order valence-corrected chi connectivity index (χ0v) is 23.7. The van der Waals surface area contributed by atoms with Gasteiger partial charge in [-0.15, -0.1) is 0 Å². The van der Waals surface area contributed by atoms with Gasteiger partial charge in [0.25, 0.3) is 0 Å². The zero-order valence-electron chi connectivity index (χ0n) is 23.7. The summed E-state index contributed by atoms with van der Waals surface area (Å²) in [6.45, 7) is 4.06. The first-order valence-corrected chi connectivity index (χ1v) is 16.3. The highest BCUT2D eigenvalue weighted by molar-refractivity contribution is 5.83. The molecule has 5 aliphatic rings. The van der Waals surface area contributed by atoms with E-state index in [2.05, 4.69) is 31.2 Å². The van der Waals surface area contributed by atoms with E-state index in [4.69, 9.17) is 9.47 Å². The Bertz CT molecular complexity index is 1060. The van der Waals surface area contributed by atoms with E-state index in [1.54, 1.807) is 22.3 Å². The molecule has 2 fully saturated rings. The summed E-state index contributed by atoms with van der Waals surface area (Å²) in [5, 5.41) is 0. The lowest BCUT2D eigenvalue weighted by Crippen LogP contribution is -2.32. The van der Waals surface area contributed by atoms with Gasteiger partial charge in [-0.25, -0.2) is 0 Å². The van der Waals surface area contributed by atoms with E-state index in [-0.39, 0.29) is 0 Å². The average Bonchev–Trinajstić information content (AvgIpc) is 3.05. The molecule has 4 aliphatic carbocycles. The van der Waals surface area contributed by atoms with Crippen LogP contribution < -0.4 is 9.47 Å². The minimum atomic E-state index is 0.480. The molecule has 2 aromatic rings. The third-order valence-corrected chi connectivity index (χ3v) is 11.4. The molecule has 2 aromatic carbocycles. The molecule has 7 rings (SSSR count). The summed E-state index contributed by atoms with van der Waals surface area (Å²) < 4.78 is 13.7. The van der Waals surface area contributed by atoms with Crippen LogP contribution in [0.15, 0.2) is 24.3 Å². The Labute approximate surface area is 230 Å². The molecule has 0 radical (unpaired) electrons. The number of fused-ring (bicyclic) bond motifs is 7. The van der Waals surface area contributed by atoms with E-state index in [0.29, 0.717) is 5.92 Å². The van der Waals surface area contributed by atoms with Gasteiger partial charge in [-0.2, -0.15) is 0 Å². The van der Waals surface area contributed by atoms with Crippen molar-refractivity contribution >= 4 is 0 Å². The predicted molar refractivity (Wildman–Crippen MR) is 156 cm³/mol.